The SMILES string of the molecule is O=C1OCCN1c1cccc(-c2cnc(N[C@@H]3CCCC[C@H]3C[C@H]3CCCN(c4ccc(C(F)(F)F)cc4)C3)o2)c1. The highest BCUT2D eigenvalue weighted by Crippen LogP contribution is 2.37. The van der Waals surface area contributed by atoms with Crippen LogP contribution in [-0.2, 0) is 10.9 Å². The maximum atomic E-state index is 13.0. The highest BCUT2D eigenvalue weighted by molar-refractivity contribution is 5.90. The van der Waals surface area contributed by atoms with Crippen molar-refractivity contribution in [2.75, 3.05) is 41.4 Å². The van der Waals surface area contributed by atoms with Crippen molar-refractivity contribution in [2.45, 2.75) is 57.2 Å². The van der Waals surface area contributed by atoms with E-state index in [2.05, 4.69) is 15.2 Å². The second-order valence-electron chi connectivity index (χ2n) is 11.4. The summed E-state index contributed by atoms with van der Waals surface area (Å²) in [5.74, 6) is 1.59. The van der Waals surface area contributed by atoms with Crippen LogP contribution in [0.1, 0.15) is 50.5 Å². The van der Waals surface area contributed by atoms with Crippen LogP contribution in [0.15, 0.2) is 59.1 Å². The Morgan fingerprint density at radius 3 is 2.59 bits per heavy atom. The number of rotatable bonds is 7. The number of alkyl halides is 3. The summed E-state index contributed by atoms with van der Waals surface area (Å²) in [6, 6.07) is 13.9. The van der Waals surface area contributed by atoms with Crippen molar-refractivity contribution in [1.29, 1.82) is 0 Å². The number of halogens is 3. The lowest BCUT2D eigenvalue weighted by Gasteiger charge is -2.39. The van der Waals surface area contributed by atoms with E-state index in [4.69, 9.17) is 9.15 Å². The van der Waals surface area contributed by atoms with E-state index in [9.17, 15) is 18.0 Å². The standard InChI is InChI=1S/C31H35F3N4O3/c32-31(33,34)24-10-12-25(13-11-24)37-14-4-5-21(20-37)17-22-6-1-2-9-27(22)36-29-35-19-28(41-29)23-7-3-8-26(18-23)38-15-16-40-30(38)39/h3,7-8,10-13,18-19,21-22,27H,1-2,4-6,9,14-17,20H2,(H,35,36)/t21-,22+,27-/m1/s1. The molecule has 0 bridgehead atoms. The average molecular weight is 569 g/mol. The lowest BCUT2D eigenvalue weighted by atomic mass is 9.77. The number of oxazole rings is 1. The topological polar surface area (TPSA) is 70.8 Å². The van der Waals surface area contributed by atoms with Gasteiger partial charge in [0.1, 0.15) is 6.61 Å². The van der Waals surface area contributed by atoms with Crippen molar-refractivity contribution in [3.8, 4) is 11.3 Å². The Kier molecular flexibility index (Phi) is 7.81. The normalized spacial score (nSPS) is 23.5. The molecule has 1 aliphatic carbocycles. The Balaban J connectivity index is 1.09. The molecule has 3 atom stereocenters. The van der Waals surface area contributed by atoms with E-state index in [1.165, 1.54) is 18.6 Å². The number of cyclic esters (lactones) is 1. The number of nitrogens with zero attached hydrogens (tertiary/aromatic N) is 3. The van der Waals surface area contributed by atoms with Crippen molar-refractivity contribution >= 4 is 23.5 Å². The first-order valence-electron chi connectivity index (χ1n) is 14.5. The molecule has 10 heteroatoms. The van der Waals surface area contributed by atoms with Crippen LogP contribution in [0.25, 0.3) is 11.3 Å². The van der Waals surface area contributed by atoms with E-state index in [-0.39, 0.29) is 12.1 Å². The predicted octanol–water partition coefficient (Wildman–Crippen LogP) is 7.59. The van der Waals surface area contributed by atoms with Gasteiger partial charge in [-0.3, -0.25) is 4.90 Å². The first-order valence-corrected chi connectivity index (χ1v) is 14.5. The molecular formula is C31H35F3N4O3. The van der Waals surface area contributed by atoms with Gasteiger partial charge in [0.15, 0.2) is 5.76 Å². The molecule has 0 radical (unpaired) electrons. The number of aromatic nitrogens is 1. The van der Waals surface area contributed by atoms with E-state index < -0.39 is 11.7 Å². The maximum absolute atomic E-state index is 13.0. The molecule has 1 saturated carbocycles. The molecule has 3 heterocycles. The summed E-state index contributed by atoms with van der Waals surface area (Å²) in [5, 5.41) is 3.57. The summed E-state index contributed by atoms with van der Waals surface area (Å²) >= 11 is 0. The van der Waals surface area contributed by atoms with Gasteiger partial charge in [-0.1, -0.05) is 25.0 Å². The summed E-state index contributed by atoms with van der Waals surface area (Å²) in [7, 11) is 0. The number of carbonyl (C=O) groups excluding carboxylic acids is 1. The maximum Gasteiger partial charge on any atom is 0.416 e. The summed E-state index contributed by atoms with van der Waals surface area (Å²) in [5.41, 5.74) is 1.86. The second-order valence-corrected chi connectivity index (χ2v) is 11.4. The van der Waals surface area contributed by atoms with Crippen molar-refractivity contribution in [2.24, 2.45) is 11.8 Å². The zero-order valence-corrected chi connectivity index (χ0v) is 22.9. The van der Waals surface area contributed by atoms with Crippen LogP contribution >= 0.6 is 0 Å². The molecule has 2 saturated heterocycles. The minimum atomic E-state index is -4.32. The molecule has 6 rings (SSSR count). The summed E-state index contributed by atoms with van der Waals surface area (Å²) in [4.78, 5) is 20.3. The van der Waals surface area contributed by atoms with Crippen LogP contribution in [0.5, 0.6) is 0 Å². The minimum absolute atomic E-state index is 0.252. The fraction of sp³-hybridized carbons (Fsp3) is 0.484. The van der Waals surface area contributed by atoms with Gasteiger partial charge in [-0.15, -0.1) is 0 Å². The van der Waals surface area contributed by atoms with Gasteiger partial charge in [0, 0.05) is 36.1 Å². The Bertz CT molecular complexity index is 1340. The number of hydrogen-bond acceptors (Lipinski definition) is 6. The van der Waals surface area contributed by atoms with Crippen molar-refractivity contribution in [3.63, 3.8) is 0 Å². The quantitative estimate of drug-likeness (QED) is 0.317. The number of hydrogen-bond donors (Lipinski definition) is 1. The lowest BCUT2D eigenvalue weighted by molar-refractivity contribution is -0.137. The number of nitrogens with one attached hydrogen (secondary N) is 1. The number of amides is 1. The fourth-order valence-electron chi connectivity index (χ4n) is 6.55. The molecule has 0 unspecified atom stereocenters. The van der Waals surface area contributed by atoms with Gasteiger partial charge in [0.25, 0.3) is 6.01 Å². The van der Waals surface area contributed by atoms with Crippen molar-refractivity contribution in [3.05, 3.63) is 60.3 Å². The number of carbonyl (C=O) groups is 1. The second kappa shape index (κ2) is 11.7. The van der Waals surface area contributed by atoms with E-state index in [0.717, 1.165) is 68.6 Å². The Hall–Kier alpha value is -3.69. The van der Waals surface area contributed by atoms with E-state index in [1.54, 1.807) is 23.2 Å². The van der Waals surface area contributed by atoms with Crippen LogP contribution in [0.3, 0.4) is 0 Å². The van der Waals surface area contributed by atoms with Crippen molar-refractivity contribution in [1.82, 2.24) is 4.98 Å². The molecule has 1 N–H and O–H groups in total. The monoisotopic (exact) mass is 568 g/mol. The van der Waals surface area contributed by atoms with Gasteiger partial charge in [-0.05, 0) is 80.3 Å². The third-order valence-electron chi connectivity index (χ3n) is 8.64. The number of ether oxygens (including phenoxy) is 1. The molecule has 3 aromatic rings. The van der Waals surface area contributed by atoms with Gasteiger partial charge in [0.2, 0.25) is 0 Å². The van der Waals surface area contributed by atoms with E-state index in [1.807, 2.05) is 24.3 Å². The zero-order chi connectivity index (χ0) is 28.4. The summed E-state index contributed by atoms with van der Waals surface area (Å²) in [6.07, 6.45) is 4.81. The van der Waals surface area contributed by atoms with Crippen molar-refractivity contribution < 1.29 is 27.1 Å². The Morgan fingerprint density at radius 1 is 0.976 bits per heavy atom. The molecular weight excluding hydrogens is 533 g/mol. The molecule has 2 aromatic carbocycles. The molecule has 3 aliphatic rings. The fourth-order valence-corrected chi connectivity index (χ4v) is 6.55. The average Bonchev–Trinajstić information content (AvgIpc) is 3.63. The van der Waals surface area contributed by atoms with Crippen LogP contribution < -0.4 is 15.1 Å². The zero-order valence-electron chi connectivity index (χ0n) is 22.9. The summed E-state index contributed by atoms with van der Waals surface area (Å²) < 4.78 is 50.2. The Labute approximate surface area is 237 Å². The Morgan fingerprint density at radius 2 is 1.80 bits per heavy atom. The molecule has 1 aromatic heterocycles. The largest absolute Gasteiger partial charge is 0.447 e. The predicted molar refractivity (Wildman–Crippen MR) is 151 cm³/mol. The lowest BCUT2D eigenvalue weighted by Crippen LogP contribution is -2.39. The van der Waals surface area contributed by atoms with Gasteiger partial charge >= 0.3 is 12.3 Å². The highest BCUT2D eigenvalue weighted by atomic mass is 19.4. The number of anilines is 3. The van der Waals surface area contributed by atoms with Crippen LogP contribution in [0.4, 0.5) is 35.4 Å². The molecule has 41 heavy (non-hydrogen) atoms. The molecule has 218 valence electrons. The van der Waals surface area contributed by atoms with Gasteiger partial charge in [-0.2, -0.15) is 13.2 Å². The number of benzene rings is 2. The molecule has 3 fully saturated rings. The molecule has 1 amide bonds. The van der Waals surface area contributed by atoms with Crippen LogP contribution in [0.2, 0.25) is 0 Å². The van der Waals surface area contributed by atoms with E-state index >= 15 is 0 Å². The molecule has 7 nitrogen and oxygen atoms in total. The van der Waals surface area contributed by atoms with Gasteiger partial charge in [-0.25, -0.2) is 9.78 Å². The van der Waals surface area contributed by atoms with Gasteiger partial charge in [0.05, 0.1) is 18.3 Å². The highest BCUT2D eigenvalue weighted by Gasteiger charge is 2.32. The van der Waals surface area contributed by atoms with Crippen LogP contribution in [-0.4, -0.2) is 43.4 Å². The van der Waals surface area contributed by atoms with Crippen LogP contribution in [0, 0.1) is 11.8 Å². The number of piperidine rings is 1. The van der Waals surface area contributed by atoms with Gasteiger partial charge < -0.3 is 19.4 Å². The third-order valence-corrected chi connectivity index (χ3v) is 8.64. The molecule has 0 spiro atoms. The minimum Gasteiger partial charge on any atom is -0.447 e. The molecule has 2 aliphatic heterocycles. The third kappa shape index (κ3) is 6.31. The van der Waals surface area contributed by atoms with E-state index in [0.29, 0.717) is 36.8 Å². The summed E-state index contributed by atoms with van der Waals surface area (Å²) in [6.45, 7) is 2.64. The smallest absolute Gasteiger partial charge is 0.416 e. The first kappa shape index (κ1) is 27.5. The first-order chi connectivity index (χ1) is 19.8.